The van der Waals surface area contributed by atoms with Gasteiger partial charge < -0.3 is 10.5 Å². The second-order valence-corrected chi connectivity index (χ2v) is 4.60. The molecule has 1 rings (SSSR count). The number of nitrogens with zero attached hydrogens (tertiary/aromatic N) is 1. The van der Waals surface area contributed by atoms with Crippen molar-refractivity contribution in [2.24, 2.45) is 5.73 Å². The Balaban J connectivity index is 3.05. The first-order valence-electron chi connectivity index (χ1n) is 5.07. The maximum Gasteiger partial charge on any atom is 0.313 e. The van der Waals surface area contributed by atoms with E-state index in [9.17, 15) is 14.5 Å². The molecule has 0 unspecified atom stereocenters. The molecule has 2 N–H and O–H groups in total. The Labute approximate surface area is 98.5 Å². The van der Waals surface area contributed by atoms with Crippen molar-refractivity contribution < 1.29 is 14.1 Å². The van der Waals surface area contributed by atoms with Gasteiger partial charge in [-0.3, -0.25) is 10.1 Å². The molecule has 0 aliphatic heterocycles. The summed E-state index contributed by atoms with van der Waals surface area (Å²) in [5.41, 5.74) is 4.99. The highest BCUT2D eigenvalue weighted by atomic mass is 19.1. The van der Waals surface area contributed by atoms with Gasteiger partial charge in [0.15, 0.2) is 5.75 Å². The van der Waals surface area contributed by atoms with Crippen molar-refractivity contribution in [2.45, 2.75) is 26.3 Å². The summed E-state index contributed by atoms with van der Waals surface area (Å²) in [4.78, 5) is 10.1. The molecule has 1 aromatic carbocycles. The van der Waals surface area contributed by atoms with E-state index >= 15 is 0 Å². The van der Waals surface area contributed by atoms with Crippen LogP contribution in [0.1, 0.15) is 19.4 Å². The van der Waals surface area contributed by atoms with Crippen LogP contribution in [-0.4, -0.2) is 17.1 Å². The van der Waals surface area contributed by atoms with Gasteiger partial charge in [0, 0.05) is 5.54 Å². The minimum atomic E-state index is -0.679. The lowest BCUT2D eigenvalue weighted by Crippen LogP contribution is -2.38. The lowest BCUT2D eigenvalue weighted by molar-refractivity contribution is -0.386. The molecule has 17 heavy (non-hydrogen) atoms. The van der Waals surface area contributed by atoms with Gasteiger partial charge in [-0.2, -0.15) is 0 Å². The van der Waals surface area contributed by atoms with E-state index in [-0.39, 0.29) is 12.4 Å². The molecular weight excluding hydrogens is 227 g/mol. The highest BCUT2D eigenvalue weighted by Crippen LogP contribution is 2.30. The molecule has 0 radical (unpaired) electrons. The van der Waals surface area contributed by atoms with Crippen LogP contribution in [0.3, 0.4) is 0 Å². The number of hydrogen-bond acceptors (Lipinski definition) is 4. The third-order valence-electron chi connectivity index (χ3n) is 2.04. The topological polar surface area (TPSA) is 78.4 Å². The summed E-state index contributed by atoms with van der Waals surface area (Å²) in [5.74, 6) is -0.594. The zero-order chi connectivity index (χ0) is 13.2. The molecule has 5 nitrogen and oxygen atoms in total. The Hall–Kier alpha value is -1.69. The van der Waals surface area contributed by atoms with Crippen molar-refractivity contribution in [3.05, 3.63) is 33.6 Å². The number of benzene rings is 1. The maximum absolute atomic E-state index is 13.2. The van der Waals surface area contributed by atoms with Gasteiger partial charge in [-0.25, -0.2) is 4.39 Å². The molecule has 0 atom stereocenters. The van der Waals surface area contributed by atoms with Crippen LogP contribution in [0.25, 0.3) is 0 Å². The van der Waals surface area contributed by atoms with E-state index in [2.05, 4.69) is 0 Å². The first kappa shape index (κ1) is 13.4. The first-order valence-corrected chi connectivity index (χ1v) is 5.07. The molecule has 0 aliphatic rings. The van der Waals surface area contributed by atoms with Crippen molar-refractivity contribution in [2.75, 3.05) is 6.61 Å². The van der Waals surface area contributed by atoms with Crippen LogP contribution >= 0.6 is 0 Å². The third-order valence-corrected chi connectivity index (χ3v) is 2.04. The molecule has 0 aromatic heterocycles. The second kappa shape index (κ2) is 4.67. The van der Waals surface area contributed by atoms with E-state index in [0.717, 1.165) is 6.07 Å². The smallest absolute Gasteiger partial charge is 0.313 e. The van der Waals surface area contributed by atoms with Gasteiger partial charge >= 0.3 is 5.69 Å². The monoisotopic (exact) mass is 242 g/mol. The van der Waals surface area contributed by atoms with Crippen LogP contribution in [0.5, 0.6) is 5.75 Å². The normalized spacial score (nSPS) is 11.4. The largest absolute Gasteiger partial charge is 0.485 e. The molecule has 94 valence electrons. The van der Waals surface area contributed by atoms with Crippen LogP contribution in [0, 0.1) is 22.9 Å². The standard InChI is InChI=1S/C11H15FN2O3/c1-7-4-10(17-6-11(2,3)13)9(14(15)16)5-8(7)12/h4-5H,6,13H2,1-3H3. The molecule has 0 amide bonds. The van der Waals surface area contributed by atoms with E-state index in [1.165, 1.54) is 13.0 Å². The van der Waals surface area contributed by atoms with Crippen LogP contribution < -0.4 is 10.5 Å². The summed E-state index contributed by atoms with van der Waals surface area (Å²) < 4.78 is 18.5. The van der Waals surface area contributed by atoms with E-state index in [4.69, 9.17) is 10.5 Å². The fourth-order valence-corrected chi connectivity index (χ4v) is 1.17. The van der Waals surface area contributed by atoms with Gasteiger partial charge in [0.05, 0.1) is 11.0 Å². The van der Waals surface area contributed by atoms with Gasteiger partial charge in [0.1, 0.15) is 12.4 Å². The van der Waals surface area contributed by atoms with Crippen molar-refractivity contribution >= 4 is 5.69 Å². The average molecular weight is 242 g/mol. The van der Waals surface area contributed by atoms with Gasteiger partial charge in [-0.15, -0.1) is 0 Å². The summed E-state index contributed by atoms with van der Waals surface area (Å²) in [6, 6.07) is 2.16. The van der Waals surface area contributed by atoms with Crippen LogP contribution in [0.4, 0.5) is 10.1 Å². The first-order chi connectivity index (χ1) is 7.70. The maximum atomic E-state index is 13.2. The SMILES string of the molecule is Cc1cc(OCC(C)(C)N)c([N+](=O)[O-])cc1F. The number of hydrogen-bond donors (Lipinski definition) is 1. The second-order valence-electron chi connectivity index (χ2n) is 4.60. The van der Waals surface area contributed by atoms with Crippen molar-refractivity contribution in [1.82, 2.24) is 0 Å². The van der Waals surface area contributed by atoms with Crippen LogP contribution in [0.2, 0.25) is 0 Å². The fraction of sp³-hybridized carbons (Fsp3) is 0.455. The van der Waals surface area contributed by atoms with Gasteiger partial charge in [-0.1, -0.05) is 0 Å². The number of halogens is 1. The molecule has 0 spiro atoms. The predicted molar refractivity (Wildman–Crippen MR) is 61.6 cm³/mol. The summed E-state index contributed by atoms with van der Waals surface area (Å²) in [7, 11) is 0. The Morgan fingerprint density at radius 1 is 1.53 bits per heavy atom. The third kappa shape index (κ3) is 3.67. The van der Waals surface area contributed by atoms with E-state index < -0.39 is 22.0 Å². The minimum Gasteiger partial charge on any atom is -0.485 e. The summed E-state index contributed by atoms with van der Waals surface area (Å²) in [5, 5.41) is 10.7. The van der Waals surface area contributed by atoms with Crippen molar-refractivity contribution in [3.8, 4) is 5.75 Å². The van der Waals surface area contributed by atoms with Crippen molar-refractivity contribution in [3.63, 3.8) is 0 Å². The Bertz CT molecular complexity index is 441. The number of nitrogens with two attached hydrogens (primary N) is 1. The molecule has 0 bridgehead atoms. The number of rotatable bonds is 4. The molecular formula is C11H15FN2O3. The molecule has 1 aromatic rings. The molecule has 0 saturated heterocycles. The Morgan fingerprint density at radius 3 is 2.59 bits per heavy atom. The van der Waals surface area contributed by atoms with E-state index in [1.54, 1.807) is 13.8 Å². The van der Waals surface area contributed by atoms with Crippen molar-refractivity contribution in [1.29, 1.82) is 0 Å². The van der Waals surface area contributed by atoms with Gasteiger partial charge in [0.25, 0.3) is 0 Å². The van der Waals surface area contributed by atoms with E-state index in [0.29, 0.717) is 5.56 Å². The predicted octanol–water partition coefficient (Wildman–Crippen LogP) is 2.16. The zero-order valence-electron chi connectivity index (χ0n) is 9.99. The number of nitro groups is 1. The van der Waals surface area contributed by atoms with Crippen LogP contribution in [-0.2, 0) is 0 Å². The lowest BCUT2D eigenvalue weighted by atomic mass is 10.1. The highest BCUT2D eigenvalue weighted by molar-refractivity contribution is 5.48. The molecule has 6 heteroatoms. The lowest BCUT2D eigenvalue weighted by Gasteiger charge is -2.19. The fourth-order valence-electron chi connectivity index (χ4n) is 1.17. The number of ether oxygens (including phenoxy) is 1. The Kier molecular flexibility index (Phi) is 3.67. The molecule has 0 saturated carbocycles. The highest BCUT2D eigenvalue weighted by Gasteiger charge is 2.20. The van der Waals surface area contributed by atoms with Gasteiger partial charge in [-0.05, 0) is 32.4 Å². The minimum absolute atomic E-state index is 0.0347. The van der Waals surface area contributed by atoms with Crippen LogP contribution in [0.15, 0.2) is 12.1 Å². The Morgan fingerprint density at radius 2 is 2.12 bits per heavy atom. The number of aryl methyl sites for hydroxylation is 1. The molecule has 0 aliphatic carbocycles. The number of nitro benzene ring substituents is 1. The van der Waals surface area contributed by atoms with E-state index in [1.807, 2.05) is 0 Å². The quantitative estimate of drug-likeness (QED) is 0.648. The summed E-state index contributed by atoms with van der Waals surface area (Å²) in [6.45, 7) is 5.09. The molecule has 0 fully saturated rings. The zero-order valence-corrected chi connectivity index (χ0v) is 9.99. The summed E-state index contributed by atoms with van der Waals surface area (Å²) >= 11 is 0. The average Bonchev–Trinajstić information content (AvgIpc) is 2.17. The molecule has 0 heterocycles. The van der Waals surface area contributed by atoms with Gasteiger partial charge in [0.2, 0.25) is 0 Å². The summed E-state index contributed by atoms with van der Waals surface area (Å²) in [6.07, 6.45) is 0.